The Labute approximate surface area is 156 Å². The third kappa shape index (κ3) is 3.04. The molecule has 0 aliphatic carbocycles. The Morgan fingerprint density at radius 2 is 2.08 bits per heavy atom. The van der Waals surface area contributed by atoms with Crippen molar-refractivity contribution in [2.45, 2.75) is 12.5 Å². The molecule has 3 N–H and O–H groups in total. The van der Waals surface area contributed by atoms with E-state index in [0.29, 0.717) is 5.75 Å². The van der Waals surface area contributed by atoms with Crippen LogP contribution in [-0.2, 0) is 11.2 Å². The van der Waals surface area contributed by atoms with E-state index in [-0.39, 0.29) is 12.6 Å². The average molecular weight is 370 g/mol. The van der Waals surface area contributed by atoms with E-state index in [1.165, 1.54) is 16.6 Å². The van der Waals surface area contributed by atoms with E-state index in [0.717, 1.165) is 29.1 Å². The number of halogens is 1. The maximum atomic E-state index is 10.9. The molecule has 3 aromatic rings. The molecule has 0 saturated carbocycles. The van der Waals surface area contributed by atoms with E-state index < -0.39 is 5.91 Å². The number of amides is 1. The van der Waals surface area contributed by atoms with E-state index in [4.69, 9.17) is 22.1 Å². The molecule has 6 heteroatoms. The summed E-state index contributed by atoms with van der Waals surface area (Å²) in [6.07, 6.45) is 0.989. The van der Waals surface area contributed by atoms with E-state index in [1.54, 1.807) is 0 Å². The first-order valence-electron chi connectivity index (χ1n) is 8.54. The first kappa shape index (κ1) is 16.9. The molecule has 5 nitrogen and oxygen atoms in total. The second-order valence-electron chi connectivity index (χ2n) is 6.66. The molecule has 1 aromatic heterocycles. The van der Waals surface area contributed by atoms with Gasteiger partial charge in [-0.3, -0.25) is 9.69 Å². The number of fused-ring (bicyclic) bond motifs is 3. The minimum Gasteiger partial charge on any atom is -0.484 e. The molecule has 1 amide bonds. The van der Waals surface area contributed by atoms with Crippen molar-refractivity contribution < 1.29 is 9.53 Å². The van der Waals surface area contributed by atoms with Crippen molar-refractivity contribution in [3.63, 3.8) is 0 Å². The predicted molar refractivity (Wildman–Crippen MR) is 103 cm³/mol. The number of rotatable bonds is 4. The lowest BCUT2D eigenvalue weighted by Gasteiger charge is -2.33. The maximum absolute atomic E-state index is 10.9. The lowest BCUT2D eigenvalue weighted by molar-refractivity contribution is -0.119. The summed E-state index contributed by atoms with van der Waals surface area (Å²) in [4.78, 5) is 16.8. The fourth-order valence-electron chi connectivity index (χ4n) is 3.70. The normalized spacial score (nSPS) is 17.2. The number of nitrogens with zero attached hydrogens (tertiary/aromatic N) is 1. The van der Waals surface area contributed by atoms with Crippen LogP contribution < -0.4 is 10.5 Å². The smallest absolute Gasteiger partial charge is 0.255 e. The molecule has 134 valence electrons. The van der Waals surface area contributed by atoms with Crippen LogP contribution in [0.25, 0.3) is 10.9 Å². The van der Waals surface area contributed by atoms with Crippen LogP contribution in [0.4, 0.5) is 0 Å². The summed E-state index contributed by atoms with van der Waals surface area (Å²) in [5.74, 6) is 0.150. The number of primary amides is 1. The van der Waals surface area contributed by atoms with Gasteiger partial charge in [-0.25, -0.2) is 0 Å². The van der Waals surface area contributed by atoms with Gasteiger partial charge in [-0.1, -0.05) is 23.7 Å². The molecule has 26 heavy (non-hydrogen) atoms. The Balaban J connectivity index is 1.71. The molecule has 1 unspecified atom stereocenters. The summed E-state index contributed by atoms with van der Waals surface area (Å²) in [7, 11) is 2.13. The van der Waals surface area contributed by atoms with E-state index in [9.17, 15) is 4.79 Å². The second kappa shape index (κ2) is 6.67. The summed E-state index contributed by atoms with van der Waals surface area (Å²) in [6, 6.07) is 13.9. The molecule has 1 aliphatic rings. The Hall–Kier alpha value is -2.50. The molecule has 1 aliphatic heterocycles. The maximum Gasteiger partial charge on any atom is 0.255 e. The highest BCUT2D eigenvalue weighted by atomic mass is 35.5. The highest BCUT2D eigenvalue weighted by Crippen LogP contribution is 2.38. The van der Waals surface area contributed by atoms with Gasteiger partial charge in [-0.05, 0) is 54.9 Å². The minimum absolute atomic E-state index is 0.115. The number of ether oxygens (including phenoxy) is 1. The second-order valence-corrected chi connectivity index (χ2v) is 7.10. The highest BCUT2D eigenvalue weighted by Gasteiger charge is 2.29. The fraction of sp³-hybridized carbons (Fsp3) is 0.250. The number of H-pyrrole nitrogens is 1. The quantitative estimate of drug-likeness (QED) is 0.741. The highest BCUT2D eigenvalue weighted by molar-refractivity contribution is 6.31. The number of likely N-dealkylation sites (N-methyl/N-ethyl adjacent to an activating group) is 1. The number of carbonyl (C=O) groups is 1. The lowest BCUT2D eigenvalue weighted by atomic mass is 9.93. The van der Waals surface area contributed by atoms with Crippen LogP contribution >= 0.6 is 11.6 Å². The van der Waals surface area contributed by atoms with Gasteiger partial charge in [0.25, 0.3) is 5.91 Å². The van der Waals surface area contributed by atoms with Crippen molar-refractivity contribution in [2.75, 3.05) is 20.2 Å². The number of aromatic amines is 1. The van der Waals surface area contributed by atoms with Crippen LogP contribution in [0, 0.1) is 0 Å². The number of carbonyl (C=O) groups excluding carboxylic acids is 1. The summed E-state index contributed by atoms with van der Waals surface area (Å²) < 4.78 is 5.36. The SMILES string of the molecule is CN1CCc2c([nH]c3ccc(Cl)cc23)C1c1ccc(OCC(N)=O)cc1. The molecule has 0 bridgehead atoms. The largest absolute Gasteiger partial charge is 0.484 e. The van der Waals surface area contributed by atoms with Crippen molar-refractivity contribution in [2.24, 2.45) is 5.73 Å². The molecular weight excluding hydrogens is 350 g/mol. The van der Waals surface area contributed by atoms with Crippen molar-refractivity contribution >= 4 is 28.4 Å². The molecule has 0 spiro atoms. The summed E-state index contributed by atoms with van der Waals surface area (Å²) in [5.41, 5.74) is 9.94. The molecule has 2 aromatic carbocycles. The minimum atomic E-state index is -0.484. The summed E-state index contributed by atoms with van der Waals surface area (Å²) in [5, 5.41) is 1.96. The Morgan fingerprint density at radius 3 is 2.81 bits per heavy atom. The first-order chi connectivity index (χ1) is 12.5. The van der Waals surface area contributed by atoms with Crippen molar-refractivity contribution in [1.29, 1.82) is 0 Å². The third-order valence-corrected chi connectivity index (χ3v) is 5.14. The van der Waals surface area contributed by atoms with E-state index >= 15 is 0 Å². The number of benzene rings is 2. The Bertz CT molecular complexity index is 965. The van der Waals surface area contributed by atoms with E-state index in [2.05, 4.69) is 16.9 Å². The van der Waals surface area contributed by atoms with Crippen LogP contribution in [0.15, 0.2) is 42.5 Å². The van der Waals surface area contributed by atoms with Crippen LogP contribution in [0.5, 0.6) is 5.75 Å². The molecule has 0 fully saturated rings. The molecule has 2 heterocycles. The predicted octanol–water partition coefficient (Wildman–Crippen LogP) is 3.26. The summed E-state index contributed by atoms with van der Waals surface area (Å²) >= 11 is 6.20. The molecule has 4 rings (SSSR count). The monoisotopic (exact) mass is 369 g/mol. The van der Waals surface area contributed by atoms with Gasteiger partial charge in [0.05, 0.1) is 6.04 Å². The topological polar surface area (TPSA) is 71.3 Å². The standard InChI is InChI=1S/C20H20ClN3O2/c1-24-9-8-15-16-10-13(21)4-7-17(16)23-19(15)20(24)12-2-5-14(6-3-12)26-11-18(22)25/h2-7,10,20,23H,8-9,11H2,1H3,(H2,22,25). The van der Waals surface area contributed by atoms with Gasteiger partial charge in [0.2, 0.25) is 0 Å². The fourth-order valence-corrected chi connectivity index (χ4v) is 3.88. The lowest BCUT2D eigenvalue weighted by Crippen LogP contribution is -2.32. The Kier molecular flexibility index (Phi) is 4.34. The molecule has 0 radical (unpaired) electrons. The van der Waals surface area contributed by atoms with Crippen LogP contribution in [0.1, 0.15) is 22.9 Å². The number of nitrogens with two attached hydrogens (primary N) is 1. The zero-order chi connectivity index (χ0) is 18.3. The van der Waals surface area contributed by atoms with Crippen LogP contribution in [-0.4, -0.2) is 36.0 Å². The number of hydrogen-bond acceptors (Lipinski definition) is 3. The van der Waals surface area contributed by atoms with Gasteiger partial charge < -0.3 is 15.5 Å². The molecular formula is C20H20ClN3O2. The van der Waals surface area contributed by atoms with Gasteiger partial charge in [0.1, 0.15) is 5.75 Å². The van der Waals surface area contributed by atoms with Gasteiger partial charge >= 0.3 is 0 Å². The zero-order valence-electron chi connectivity index (χ0n) is 14.5. The molecule has 1 atom stereocenters. The van der Waals surface area contributed by atoms with Crippen molar-refractivity contribution in [3.8, 4) is 5.75 Å². The van der Waals surface area contributed by atoms with Crippen molar-refractivity contribution in [3.05, 3.63) is 64.3 Å². The zero-order valence-corrected chi connectivity index (χ0v) is 15.2. The van der Waals surface area contributed by atoms with Crippen molar-refractivity contribution in [1.82, 2.24) is 9.88 Å². The average Bonchev–Trinajstić information content (AvgIpc) is 2.98. The van der Waals surface area contributed by atoms with Gasteiger partial charge in [0, 0.05) is 28.2 Å². The molecule has 0 saturated heterocycles. The Morgan fingerprint density at radius 1 is 1.31 bits per heavy atom. The van der Waals surface area contributed by atoms with Gasteiger partial charge in [-0.2, -0.15) is 0 Å². The van der Waals surface area contributed by atoms with E-state index in [1.807, 2.05) is 42.5 Å². The number of hydrogen-bond donors (Lipinski definition) is 2. The number of aromatic nitrogens is 1. The van der Waals surface area contributed by atoms with Gasteiger partial charge in [-0.15, -0.1) is 0 Å². The van der Waals surface area contributed by atoms with Crippen LogP contribution in [0.3, 0.4) is 0 Å². The third-order valence-electron chi connectivity index (χ3n) is 4.91. The van der Waals surface area contributed by atoms with Gasteiger partial charge in [0.15, 0.2) is 6.61 Å². The first-order valence-corrected chi connectivity index (χ1v) is 8.92. The summed E-state index contributed by atoms with van der Waals surface area (Å²) in [6.45, 7) is 0.854. The van der Waals surface area contributed by atoms with Crippen LogP contribution in [0.2, 0.25) is 5.02 Å². The number of nitrogens with one attached hydrogen (secondary N) is 1.